The molecule has 0 aliphatic carbocycles. The van der Waals surface area contributed by atoms with Gasteiger partial charge in [-0.05, 0) is 39.7 Å². The van der Waals surface area contributed by atoms with Gasteiger partial charge in [-0.3, -0.25) is 4.79 Å². The molecule has 2 unspecified atom stereocenters. The fraction of sp³-hybridized carbons (Fsp3) is 0.923. The van der Waals surface area contributed by atoms with Crippen LogP contribution < -0.4 is 5.73 Å². The number of carbonyl (C=O) groups is 1. The van der Waals surface area contributed by atoms with Crippen molar-refractivity contribution in [3.63, 3.8) is 0 Å². The van der Waals surface area contributed by atoms with Gasteiger partial charge in [0, 0.05) is 12.6 Å². The molecule has 102 valence electrons. The van der Waals surface area contributed by atoms with Crippen molar-refractivity contribution in [3.8, 4) is 0 Å². The van der Waals surface area contributed by atoms with Crippen molar-refractivity contribution in [1.82, 2.24) is 4.90 Å². The fourth-order valence-corrected chi connectivity index (χ4v) is 1.65. The topological polar surface area (TPSA) is 66.6 Å². The van der Waals surface area contributed by atoms with Crippen molar-refractivity contribution in [1.29, 1.82) is 0 Å². The summed E-state index contributed by atoms with van der Waals surface area (Å²) in [5.41, 5.74) is 4.64. The van der Waals surface area contributed by atoms with Crippen LogP contribution in [0.5, 0.6) is 0 Å². The molecule has 0 bridgehead atoms. The number of unbranched alkanes of at least 4 members (excludes halogenated alkanes) is 1. The molecular weight excluding hydrogens is 216 g/mol. The van der Waals surface area contributed by atoms with E-state index in [0.717, 1.165) is 32.4 Å². The lowest BCUT2D eigenvalue weighted by molar-refractivity contribution is -0.143. The number of hydrogen-bond donors (Lipinski definition) is 2. The average Bonchev–Trinajstić information content (AvgIpc) is 2.28. The first-order valence-electron chi connectivity index (χ1n) is 6.61. The van der Waals surface area contributed by atoms with Gasteiger partial charge in [0.15, 0.2) is 0 Å². The Kier molecular flexibility index (Phi) is 7.39. The summed E-state index contributed by atoms with van der Waals surface area (Å²) in [5.74, 6) is -0.919. The lowest BCUT2D eigenvalue weighted by Crippen LogP contribution is -2.48. The lowest BCUT2D eigenvalue weighted by atomic mass is 9.99. The van der Waals surface area contributed by atoms with E-state index in [2.05, 4.69) is 25.7 Å². The molecule has 0 spiro atoms. The van der Waals surface area contributed by atoms with Crippen LogP contribution in [0, 0.1) is 0 Å². The van der Waals surface area contributed by atoms with Crippen LogP contribution in [-0.2, 0) is 4.79 Å². The van der Waals surface area contributed by atoms with Crippen molar-refractivity contribution in [2.75, 3.05) is 13.1 Å². The molecule has 0 aromatic carbocycles. The Morgan fingerprint density at radius 3 is 2.41 bits per heavy atom. The Balaban J connectivity index is 4.29. The Morgan fingerprint density at radius 2 is 2.00 bits per heavy atom. The molecule has 17 heavy (non-hydrogen) atoms. The first-order chi connectivity index (χ1) is 7.85. The summed E-state index contributed by atoms with van der Waals surface area (Å²) in [6, 6.07) is 0.492. The third kappa shape index (κ3) is 6.03. The third-order valence-electron chi connectivity index (χ3n) is 3.42. The zero-order chi connectivity index (χ0) is 13.5. The van der Waals surface area contributed by atoms with Gasteiger partial charge in [-0.25, -0.2) is 0 Å². The van der Waals surface area contributed by atoms with E-state index in [4.69, 9.17) is 10.8 Å². The maximum Gasteiger partial charge on any atom is 0.323 e. The zero-order valence-corrected chi connectivity index (χ0v) is 11.7. The zero-order valence-electron chi connectivity index (χ0n) is 11.7. The van der Waals surface area contributed by atoms with Crippen LogP contribution in [0.3, 0.4) is 0 Å². The average molecular weight is 244 g/mol. The van der Waals surface area contributed by atoms with Gasteiger partial charge >= 0.3 is 5.97 Å². The standard InChI is InChI=1S/C13H28N2O2/c1-5-7-9-15(11(3)6-2)10-8-13(4,14)12(16)17/h11H,5-10,14H2,1-4H3,(H,16,17). The van der Waals surface area contributed by atoms with Gasteiger partial charge in [0.25, 0.3) is 0 Å². The molecule has 0 radical (unpaired) electrons. The van der Waals surface area contributed by atoms with E-state index in [9.17, 15) is 4.79 Å². The van der Waals surface area contributed by atoms with E-state index in [1.54, 1.807) is 6.92 Å². The molecule has 0 heterocycles. The highest BCUT2D eigenvalue weighted by molar-refractivity contribution is 5.77. The van der Waals surface area contributed by atoms with Gasteiger partial charge in [0.1, 0.15) is 5.54 Å². The predicted octanol–water partition coefficient (Wildman–Crippen LogP) is 2.08. The van der Waals surface area contributed by atoms with E-state index in [1.165, 1.54) is 0 Å². The van der Waals surface area contributed by atoms with Crippen LogP contribution >= 0.6 is 0 Å². The summed E-state index contributed by atoms with van der Waals surface area (Å²) in [5, 5.41) is 8.98. The first kappa shape index (κ1) is 16.4. The van der Waals surface area contributed by atoms with Crippen LogP contribution in [0.15, 0.2) is 0 Å². The van der Waals surface area contributed by atoms with Crippen molar-refractivity contribution < 1.29 is 9.90 Å². The summed E-state index contributed by atoms with van der Waals surface area (Å²) in [6.07, 6.45) is 3.89. The highest BCUT2D eigenvalue weighted by atomic mass is 16.4. The Labute approximate surface area is 105 Å². The SMILES string of the molecule is CCCCN(CCC(C)(N)C(=O)O)C(C)CC. The molecule has 0 saturated carbocycles. The molecule has 0 aromatic rings. The van der Waals surface area contributed by atoms with Gasteiger partial charge in [0.05, 0.1) is 0 Å². The number of rotatable bonds is 9. The summed E-state index contributed by atoms with van der Waals surface area (Å²) < 4.78 is 0. The quantitative estimate of drug-likeness (QED) is 0.651. The van der Waals surface area contributed by atoms with Gasteiger partial charge in [-0.15, -0.1) is 0 Å². The number of nitrogens with zero attached hydrogens (tertiary/aromatic N) is 1. The number of aliphatic carboxylic acids is 1. The Morgan fingerprint density at radius 1 is 1.41 bits per heavy atom. The highest BCUT2D eigenvalue weighted by Crippen LogP contribution is 2.12. The molecule has 4 heteroatoms. The maximum absolute atomic E-state index is 10.9. The highest BCUT2D eigenvalue weighted by Gasteiger charge is 2.28. The molecule has 0 aliphatic heterocycles. The van der Waals surface area contributed by atoms with Crippen LogP contribution in [-0.4, -0.2) is 40.6 Å². The molecule has 4 nitrogen and oxygen atoms in total. The number of carboxylic acid groups (broad SMARTS) is 1. The second kappa shape index (κ2) is 7.67. The molecule has 0 aromatic heterocycles. The molecule has 0 saturated heterocycles. The van der Waals surface area contributed by atoms with Crippen LogP contribution in [0.4, 0.5) is 0 Å². The van der Waals surface area contributed by atoms with E-state index < -0.39 is 11.5 Å². The van der Waals surface area contributed by atoms with Crippen LogP contribution in [0.25, 0.3) is 0 Å². The second-order valence-corrected chi connectivity index (χ2v) is 5.12. The van der Waals surface area contributed by atoms with Crippen molar-refractivity contribution in [2.24, 2.45) is 5.73 Å². The lowest BCUT2D eigenvalue weighted by Gasteiger charge is -2.31. The summed E-state index contributed by atoms with van der Waals surface area (Å²) in [4.78, 5) is 13.3. The Hall–Kier alpha value is -0.610. The van der Waals surface area contributed by atoms with Gasteiger partial charge in [-0.1, -0.05) is 20.3 Å². The van der Waals surface area contributed by atoms with Crippen molar-refractivity contribution in [2.45, 2.75) is 65.0 Å². The normalized spacial score (nSPS) is 16.8. The van der Waals surface area contributed by atoms with Crippen LogP contribution in [0.2, 0.25) is 0 Å². The smallest absolute Gasteiger partial charge is 0.323 e. The number of nitrogens with two attached hydrogens (primary N) is 1. The molecule has 0 fully saturated rings. The summed E-state index contributed by atoms with van der Waals surface area (Å²) in [7, 11) is 0. The van der Waals surface area contributed by atoms with Crippen molar-refractivity contribution in [3.05, 3.63) is 0 Å². The fourth-order valence-electron chi connectivity index (χ4n) is 1.65. The van der Waals surface area contributed by atoms with Gasteiger partial charge in [0.2, 0.25) is 0 Å². The van der Waals surface area contributed by atoms with E-state index in [1.807, 2.05) is 0 Å². The Bertz CT molecular complexity index is 229. The second-order valence-electron chi connectivity index (χ2n) is 5.12. The molecule has 0 aliphatic rings. The molecule has 3 N–H and O–H groups in total. The minimum absolute atomic E-state index is 0.492. The largest absolute Gasteiger partial charge is 0.480 e. The number of hydrogen-bond acceptors (Lipinski definition) is 3. The summed E-state index contributed by atoms with van der Waals surface area (Å²) >= 11 is 0. The van der Waals surface area contributed by atoms with E-state index in [-0.39, 0.29) is 0 Å². The minimum Gasteiger partial charge on any atom is -0.480 e. The molecule has 2 atom stereocenters. The minimum atomic E-state index is -1.11. The maximum atomic E-state index is 10.9. The monoisotopic (exact) mass is 244 g/mol. The van der Waals surface area contributed by atoms with Gasteiger partial charge < -0.3 is 15.7 Å². The van der Waals surface area contributed by atoms with Gasteiger partial charge in [-0.2, -0.15) is 0 Å². The summed E-state index contributed by atoms with van der Waals surface area (Å²) in [6.45, 7) is 9.88. The molecule has 0 amide bonds. The third-order valence-corrected chi connectivity index (χ3v) is 3.42. The number of carboxylic acids is 1. The first-order valence-corrected chi connectivity index (χ1v) is 6.61. The van der Waals surface area contributed by atoms with E-state index in [0.29, 0.717) is 12.5 Å². The molecular formula is C13H28N2O2. The molecule has 0 rings (SSSR count). The van der Waals surface area contributed by atoms with Crippen molar-refractivity contribution >= 4 is 5.97 Å². The van der Waals surface area contributed by atoms with Crippen LogP contribution in [0.1, 0.15) is 53.4 Å². The van der Waals surface area contributed by atoms with E-state index >= 15 is 0 Å². The predicted molar refractivity (Wildman–Crippen MR) is 71.1 cm³/mol.